The van der Waals surface area contributed by atoms with Crippen LogP contribution in [-0.4, -0.2) is 0 Å². The van der Waals surface area contributed by atoms with E-state index in [2.05, 4.69) is 0 Å². The van der Waals surface area contributed by atoms with E-state index in [0.717, 1.165) is 11.1 Å². The normalized spacial score (nSPS) is 10.0. The Hall–Kier alpha value is -1.59. The van der Waals surface area contributed by atoms with E-state index in [9.17, 15) is 5.11 Å². The average molecular weight is 158 g/mol. The van der Waals surface area contributed by atoms with E-state index in [1.54, 1.807) is 18.2 Å². The molecule has 0 spiro atoms. The molecule has 0 amide bonds. The van der Waals surface area contributed by atoms with Gasteiger partial charge in [0.2, 0.25) is 0 Å². The van der Waals surface area contributed by atoms with E-state index in [1.165, 1.54) is 6.08 Å². The van der Waals surface area contributed by atoms with Gasteiger partial charge in [0.15, 0.2) is 0 Å². The molecule has 0 aliphatic heterocycles. The van der Waals surface area contributed by atoms with Crippen LogP contribution in [0.25, 0.3) is 6.08 Å². The molecule has 60 valence electrons. The molecule has 0 saturated heterocycles. The summed E-state index contributed by atoms with van der Waals surface area (Å²) in [6.07, 6.45) is 3.11. The van der Waals surface area contributed by atoms with E-state index in [1.807, 2.05) is 18.2 Å². The maximum atomic E-state index is 10.4. The summed E-state index contributed by atoms with van der Waals surface area (Å²) in [6.45, 7) is -0.192. The summed E-state index contributed by atoms with van der Waals surface area (Å²) in [7, 11) is 0. The molecule has 0 heterocycles. The van der Waals surface area contributed by atoms with Crippen molar-refractivity contribution in [2.24, 2.45) is 0 Å². The second-order valence-corrected chi connectivity index (χ2v) is 2.35. The second-order valence-electron chi connectivity index (χ2n) is 2.35. The molecule has 1 rings (SSSR count). The van der Waals surface area contributed by atoms with Crippen molar-refractivity contribution in [3.05, 3.63) is 41.5 Å². The molecular formula is C10H8NO-. The van der Waals surface area contributed by atoms with Crippen molar-refractivity contribution in [3.63, 3.8) is 0 Å². The number of allylic oxidation sites excluding steroid dienone is 1. The predicted octanol–water partition coefficient (Wildman–Crippen LogP) is 1.08. The highest BCUT2D eigenvalue weighted by atomic mass is 16.3. The zero-order chi connectivity index (χ0) is 8.81. The van der Waals surface area contributed by atoms with Gasteiger partial charge < -0.3 is 5.11 Å². The largest absolute Gasteiger partial charge is 0.851 e. The van der Waals surface area contributed by atoms with E-state index in [-0.39, 0.29) is 6.61 Å². The first kappa shape index (κ1) is 8.51. The summed E-state index contributed by atoms with van der Waals surface area (Å²) in [5.74, 6) is 0. The minimum atomic E-state index is -0.192. The van der Waals surface area contributed by atoms with Gasteiger partial charge in [-0.1, -0.05) is 29.8 Å². The molecule has 1 aromatic carbocycles. The van der Waals surface area contributed by atoms with Crippen LogP contribution in [0.3, 0.4) is 0 Å². The molecule has 0 fully saturated rings. The van der Waals surface area contributed by atoms with Crippen molar-refractivity contribution in [1.29, 1.82) is 5.26 Å². The standard InChI is InChI=1S/C10H8NO/c11-7-1-2-9-3-5-10(8-12)6-4-9/h1-6H,8H2/q-1/b2-1+. The Kier molecular flexibility index (Phi) is 3.06. The molecule has 1 aromatic rings. The molecule has 0 aliphatic rings. The average Bonchev–Trinajstić information content (AvgIpc) is 2.15. The van der Waals surface area contributed by atoms with E-state index in [4.69, 9.17) is 5.26 Å². The summed E-state index contributed by atoms with van der Waals surface area (Å²) in [5.41, 5.74) is 1.71. The Morgan fingerprint density at radius 3 is 2.50 bits per heavy atom. The Labute approximate surface area is 71.4 Å². The second kappa shape index (κ2) is 4.32. The fraction of sp³-hybridized carbons (Fsp3) is 0.100. The number of rotatable bonds is 2. The quantitative estimate of drug-likeness (QED) is 0.605. The summed E-state index contributed by atoms with van der Waals surface area (Å²) in [6, 6.07) is 9.08. The number of nitrogens with zero attached hydrogens (tertiary/aromatic N) is 1. The van der Waals surface area contributed by atoms with Crippen molar-refractivity contribution in [2.75, 3.05) is 0 Å². The Bertz CT molecular complexity index is 306. The lowest BCUT2D eigenvalue weighted by molar-refractivity contribution is -0.386. The fourth-order valence-electron chi connectivity index (χ4n) is 0.858. The molecule has 2 nitrogen and oxygen atoms in total. The smallest absolute Gasteiger partial charge is 0.0912 e. The van der Waals surface area contributed by atoms with Crippen LogP contribution in [0.2, 0.25) is 0 Å². The first-order chi connectivity index (χ1) is 5.86. The van der Waals surface area contributed by atoms with Gasteiger partial charge in [0.1, 0.15) is 0 Å². The van der Waals surface area contributed by atoms with Crippen molar-refractivity contribution in [1.82, 2.24) is 0 Å². The van der Waals surface area contributed by atoms with Crippen LogP contribution in [0.5, 0.6) is 0 Å². The van der Waals surface area contributed by atoms with Crippen LogP contribution in [0.15, 0.2) is 30.3 Å². The molecular weight excluding hydrogens is 150 g/mol. The lowest BCUT2D eigenvalue weighted by Crippen LogP contribution is -2.01. The molecule has 0 unspecified atom stereocenters. The van der Waals surface area contributed by atoms with Gasteiger partial charge in [-0.3, -0.25) is 0 Å². The van der Waals surface area contributed by atoms with Gasteiger partial charge in [-0.25, -0.2) is 0 Å². The highest BCUT2D eigenvalue weighted by molar-refractivity contribution is 5.51. The lowest BCUT2D eigenvalue weighted by Gasteiger charge is -2.02. The maximum absolute atomic E-state index is 10.4. The summed E-state index contributed by atoms with van der Waals surface area (Å²) >= 11 is 0. The minimum absolute atomic E-state index is 0.192. The number of nitriles is 1. The topological polar surface area (TPSA) is 46.8 Å². The SMILES string of the molecule is N#C/C=C/c1ccc(C[O-])cc1. The van der Waals surface area contributed by atoms with Gasteiger partial charge in [0, 0.05) is 6.08 Å². The van der Waals surface area contributed by atoms with E-state index < -0.39 is 0 Å². The Balaban J connectivity index is 2.79. The van der Waals surface area contributed by atoms with Crippen molar-refractivity contribution < 1.29 is 5.11 Å². The van der Waals surface area contributed by atoms with Gasteiger partial charge in [-0.15, -0.1) is 6.61 Å². The first-order valence-corrected chi connectivity index (χ1v) is 3.60. The van der Waals surface area contributed by atoms with E-state index in [0.29, 0.717) is 0 Å². The van der Waals surface area contributed by atoms with Crippen LogP contribution >= 0.6 is 0 Å². The predicted molar refractivity (Wildman–Crippen MR) is 44.8 cm³/mol. The molecule has 0 aromatic heterocycles. The van der Waals surface area contributed by atoms with Crippen LogP contribution in [0, 0.1) is 11.3 Å². The van der Waals surface area contributed by atoms with Gasteiger partial charge >= 0.3 is 0 Å². The van der Waals surface area contributed by atoms with E-state index >= 15 is 0 Å². The van der Waals surface area contributed by atoms with Crippen LogP contribution in [-0.2, 0) is 6.61 Å². The number of hydrogen-bond donors (Lipinski definition) is 0. The van der Waals surface area contributed by atoms with Crippen LogP contribution in [0.1, 0.15) is 11.1 Å². The van der Waals surface area contributed by atoms with Crippen molar-refractivity contribution >= 4 is 6.08 Å². The summed E-state index contributed by atoms with van der Waals surface area (Å²) in [5, 5.41) is 18.6. The monoisotopic (exact) mass is 158 g/mol. The zero-order valence-corrected chi connectivity index (χ0v) is 6.53. The molecule has 0 radical (unpaired) electrons. The fourth-order valence-corrected chi connectivity index (χ4v) is 0.858. The first-order valence-electron chi connectivity index (χ1n) is 3.60. The molecule has 0 saturated carbocycles. The van der Waals surface area contributed by atoms with Gasteiger partial charge in [-0.05, 0) is 11.6 Å². The molecule has 0 atom stereocenters. The number of hydrogen-bond acceptors (Lipinski definition) is 2. The van der Waals surface area contributed by atoms with Gasteiger partial charge in [0.05, 0.1) is 6.07 Å². The van der Waals surface area contributed by atoms with Crippen LogP contribution < -0.4 is 5.11 Å². The highest BCUT2D eigenvalue weighted by Crippen LogP contribution is 2.04. The molecule has 2 heteroatoms. The summed E-state index contributed by atoms with van der Waals surface area (Å²) < 4.78 is 0. The molecule has 0 aliphatic carbocycles. The number of benzene rings is 1. The molecule has 12 heavy (non-hydrogen) atoms. The molecule has 0 bridgehead atoms. The third-order valence-electron chi connectivity index (χ3n) is 1.50. The Morgan fingerprint density at radius 2 is 2.00 bits per heavy atom. The van der Waals surface area contributed by atoms with Gasteiger partial charge in [0.25, 0.3) is 0 Å². The third kappa shape index (κ3) is 2.22. The van der Waals surface area contributed by atoms with Crippen LogP contribution in [0.4, 0.5) is 0 Å². The third-order valence-corrected chi connectivity index (χ3v) is 1.50. The van der Waals surface area contributed by atoms with Gasteiger partial charge in [-0.2, -0.15) is 5.26 Å². The lowest BCUT2D eigenvalue weighted by atomic mass is 10.1. The summed E-state index contributed by atoms with van der Waals surface area (Å²) in [4.78, 5) is 0. The molecule has 0 N–H and O–H groups in total. The zero-order valence-electron chi connectivity index (χ0n) is 6.53. The minimum Gasteiger partial charge on any atom is -0.851 e. The highest BCUT2D eigenvalue weighted by Gasteiger charge is 1.85. The maximum Gasteiger partial charge on any atom is 0.0912 e. The van der Waals surface area contributed by atoms with Crippen molar-refractivity contribution in [2.45, 2.75) is 6.61 Å². The Morgan fingerprint density at radius 1 is 1.33 bits per heavy atom. The van der Waals surface area contributed by atoms with Crippen molar-refractivity contribution in [3.8, 4) is 6.07 Å².